The number of hydrogen-bond donors (Lipinski definition) is 1. The lowest BCUT2D eigenvalue weighted by Crippen LogP contribution is -2.20. The van der Waals surface area contributed by atoms with Gasteiger partial charge in [0.05, 0.1) is 0 Å². The maximum Gasteiger partial charge on any atom is 0.262 e. The highest BCUT2D eigenvalue weighted by atomic mass is 79.9. The van der Waals surface area contributed by atoms with Gasteiger partial charge in [-0.1, -0.05) is 34.1 Å². The summed E-state index contributed by atoms with van der Waals surface area (Å²) in [5.41, 5.74) is 1.64. The summed E-state index contributed by atoms with van der Waals surface area (Å²) >= 11 is 3.40. The lowest BCUT2D eigenvalue weighted by molar-refractivity contribution is -0.118. The zero-order chi connectivity index (χ0) is 20.5. The van der Waals surface area contributed by atoms with Crippen LogP contribution in [-0.4, -0.2) is 25.7 Å². The number of amides is 1. The van der Waals surface area contributed by atoms with Gasteiger partial charge in [0.15, 0.2) is 6.61 Å². The molecule has 0 saturated carbocycles. The predicted octanol–water partition coefficient (Wildman–Crippen LogP) is 5.23. The van der Waals surface area contributed by atoms with Crippen molar-refractivity contribution in [3.05, 3.63) is 82.8 Å². The minimum absolute atomic E-state index is 0.0580. The molecule has 3 aromatic carbocycles. The Morgan fingerprint density at radius 2 is 1.52 bits per heavy atom. The van der Waals surface area contributed by atoms with Gasteiger partial charge in [0.25, 0.3) is 5.91 Å². The quantitative estimate of drug-likeness (QED) is 0.448. The van der Waals surface area contributed by atoms with Crippen molar-refractivity contribution in [2.75, 3.05) is 25.1 Å². The van der Waals surface area contributed by atoms with Crippen LogP contribution in [0.5, 0.6) is 17.2 Å². The van der Waals surface area contributed by atoms with Gasteiger partial charge in [-0.25, -0.2) is 0 Å². The molecule has 0 aliphatic heterocycles. The number of nitrogens with one attached hydrogen (secondary N) is 1. The fourth-order valence-corrected chi connectivity index (χ4v) is 3.06. The Morgan fingerprint density at radius 3 is 2.17 bits per heavy atom. The van der Waals surface area contributed by atoms with Gasteiger partial charge in [-0.3, -0.25) is 4.79 Å². The van der Waals surface area contributed by atoms with Gasteiger partial charge in [0.2, 0.25) is 0 Å². The first-order valence-corrected chi connectivity index (χ1v) is 9.99. The van der Waals surface area contributed by atoms with E-state index >= 15 is 0 Å². The van der Waals surface area contributed by atoms with Crippen molar-refractivity contribution >= 4 is 27.5 Å². The summed E-state index contributed by atoms with van der Waals surface area (Å²) in [5.74, 6) is 1.98. The van der Waals surface area contributed by atoms with Crippen LogP contribution in [0.1, 0.15) is 5.56 Å². The molecule has 0 bridgehead atoms. The third kappa shape index (κ3) is 6.84. The van der Waals surface area contributed by atoms with E-state index in [2.05, 4.69) is 21.2 Å². The van der Waals surface area contributed by atoms with Gasteiger partial charge in [-0.2, -0.15) is 0 Å². The molecule has 1 amide bonds. The van der Waals surface area contributed by atoms with Crippen molar-refractivity contribution in [1.29, 1.82) is 0 Å². The summed E-state index contributed by atoms with van der Waals surface area (Å²) in [7, 11) is 0. The molecule has 5 nitrogen and oxygen atoms in total. The monoisotopic (exact) mass is 455 g/mol. The summed E-state index contributed by atoms with van der Waals surface area (Å²) < 4.78 is 17.8. The Hall–Kier alpha value is -2.99. The van der Waals surface area contributed by atoms with E-state index < -0.39 is 0 Å². The van der Waals surface area contributed by atoms with E-state index in [1.54, 1.807) is 24.3 Å². The molecule has 3 aromatic rings. The molecule has 0 unspecified atom stereocenters. The van der Waals surface area contributed by atoms with Crippen LogP contribution in [0.2, 0.25) is 0 Å². The van der Waals surface area contributed by atoms with Crippen LogP contribution < -0.4 is 19.5 Å². The largest absolute Gasteiger partial charge is 0.490 e. The smallest absolute Gasteiger partial charge is 0.262 e. The summed E-state index contributed by atoms with van der Waals surface area (Å²) in [6.07, 6.45) is 0. The van der Waals surface area contributed by atoms with Gasteiger partial charge < -0.3 is 19.5 Å². The second-order valence-electron chi connectivity index (χ2n) is 6.28. The van der Waals surface area contributed by atoms with E-state index in [-0.39, 0.29) is 12.5 Å². The molecule has 0 aliphatic rings. The van der Waals surface area contributed by atoms with Gasteiger partial charge in [-0.15, -0.1) is 0 Å². The molecule has 0 aromatic heterocycles. The van der Waals surface area contributed by atoms with Crippen molar-refractivity contribution in [2.45, 2.75) is 6.92 Å². The normalized spacial score (nSPS) is 10.3. The van der Waals surface area contributed by atoms with Gasteiger partial charge in [-0.05, 0) is 67.1 Å². The first-order chi connectivity index (χ1) is 14.1. The molecule has 0 spiro atoms. The third-order valence-corrected chi connectivity index (χ3v) is 4.49. The number of rotatable bonds is 9. The lowest BCUT2D eigenvalue weighted by atomic mass is 10.2. The van der Waals surface area contributed by atoms with Crippen LogP contribution >= 0.6 is 15.9 Å². The topological polar surface area (TPSA) is 56.8 Å². The van der Waals surface area contributed by atoms with Crippen LogP contribution in [0.15, 0.2) is 77.3 Å². The second-order valence-corrected chi connectivity index (χ2v) is 7.20. The number of anilines is 1. The van der Waals surface area contributed by atoms with Crippen LogP contribution in [0, 0.1) is 6.92 Å². The van der Waals surface area contributed by atoms with Crippen LogP contribution in [0.25, 0.3) is 0 Å². The Kier molecular flexibility index (Phi) is 7.53. The fourth-order valence-electron chi connectivity index (χ4n) is 2.59. The molecule has 6 heteroatoms. The highest BCUT2D eigenvalue weighted by Crippen LogP contribution is 2.22. The number of aryl methyl sites for hydroxylation is 1. The Morgan fingerprint density at radius 1 is 0.862 bits per heavy atom. The highest BCUT2D eigenvalue weighted by Gasteiger charge is 2.06. The first-order valence-electron chi connectivity index (χ1n) is 9.20. The van der Waals surface area contributed by atoms with Crippen molar-refractivity contribution in [3.8, 4) is 17.2 Å². The maximum atomic E-state index is 12.1. The predicted molar refractivity (Wildman–Crippen MR) is 117 cm³/mol. The molecule has 3 rings (SSSR count). The molecule has 0 aliphatic carbocycles. The van der Waals surface area contributed by atoms with Crippen LogP contribution in [0.4, 0.5) is 5.69 Å². The second kappa shape index (κ2) is 10.5. The van der Waals surface area contributed by atoms with E-state index in [1.807, 2.05) is 55.5 Å². The summed E-state index contributed by atoms with van der Waals surface area (Å²) in [5, 5.41) is 2.81. The maximum absolute atomic E-state index is 12.1. The molecule has 0 heterocycles. The molecule has 0 radical (unpaired) electrons. The number of halogens is 1. The van der Waals surface area contributed by atoms with E-state index in [0.29, 0.717) is 30.4 Å². The summed E-state index contributed by atoms with van der Waals surface area (Å²) in [6, 6.07) is 22.4. The average Bonchev–Trinajstić information content (AvgIpc) is 2.72. The molecule has 0 saturated heterocycles. The van der Waals surface area contributed by atoms with Crippen LogP contribution in [-0.2, 0) is 4.79 Å². The van der Waals surface area contributed by atoms with E-state index in [9.17, 15) is 4.79 Å². The average molecular weight is 456 g/mol. The van der Waals surface area contributed by atoms with Gasteiger partial charge >= 0.3 is 0 Å². The van der Waals surface area contributed by atoms with Crippen molar-refractivity contribution in [3.63, 3.8) is 0 Å². The molecular formula is C23H22BrNO4. The first kappa shape index (κ1) is 20.7. The highest BCUT2D eigenvalue weighted by molar-refractivity contribution is 9.10. The summed E-state index contributed by atoms with van der Waals surface area (Å²) in [4.78, 5) is 12.1. The van der Waals surface area contributed by atoms with Crippen LogP contribution in [0.3, 0.4) is 0 Å². The van der Waals surface area contributed by atoms with Crippen molar-refractivity contribution in [1.82, 2.24) is 0 Å². The number of carbonyl (C=O) groups excluding carboxylic acids is 1. The number of carbonyl (C=O) groups is 1. The minimum Gasteiger partial charge on any atom is -0.490 e. The lowest BCUT2D eigenvalue weighted by Gasteiger charge is -2.11. The molecular weight excluding hydrogens is 434 g/mol. The van der Waals surface area contributed by atoms with Gasteiger partial charge in [0.1, 0.15) is 30.5 Å². The van der Waals surface area contributed by atoms with E-state index in [4.69, 9.17) is 14.2 Å². The Balaban J connectivity index is 1.39. The Labute approximate surface area is 178 Å². The molecule has 1 N–H and O–H groups in total. The van der Waals surface area contributed by atoms with Crippen molar-refractivity contribution in [2.24, 2.45) is 0 Å². The minimum atomic E-state index is -0.225. The summed E-state index contributed by atoms with van der Waals surface area (Å²) in [6.45, 7) is 2.76. The van der Waals surface area contributed by atoms with E-state index in [1.165, 1.54) is 0 Å². The standard InChI is InChI=1S/C23H22BrNO4/c1-17-15-18(24)7-12-22(17)29-16-23(26)25-19-8-10-21(11-9-19)28-14-13-27-20-5-3-2-4-6-20/h2-12,15H,13-14,16H2,1H3,(H,25,26). The number of benzene rings is 3. The fraction of sp³-hybridized carbons (Fsp3) is 0.174. The van der Waals surface area contributed by atoms with Crippen molar-refractivity contribution < 1.29 is 19.0 Å². The SMILES string of the molecule is Cc1cc(Br)ccc1OCC(=O)Nc1ccc(OCCOc2ccccc2)cc1. The number of hydrogen-bond acceptors (Lipinski definition) is 4. The molecule has 0 fully saturated rings. The number of para-hydroxylation sites is 1. The zero-order valence-corrected chi connectivity index (χ0v) is 17.6. The third-order valence-electron chi connectivity index (χ3n) is 4.00. The molecule has 29 heavy (non-hydrogen) atoms. The van der Waals surface area contributed by atoms with E-state index in [0.717, 1.165) is 15.8 Å². The Bertz CT molecular complexity index is 929. The molecule has 0 atom stereocenters. The molecule has 150 valence electrons. The van der Waals surface area contributed by atoms with Gasteiger partial charge in [0, 0.05) is 10.2 Å². The number of ether oxygens (including phenoxy) is 3. The zero-order valence-electron chi connectivity index (χ0n) is 16.1.